The molecule has 6 aromatic rings. The summed E-state index contributed by atoms with van der Waals surface area (Å²) in [7, 11) is -2.99. The van der Waals surface area contributed by atoms with Crippen LogP contribution in [-0.4, -0.2) is 12.6 Å². The van der Waals surface area contributed by atoms with Crippen LogP contribution >= 0.6 is 23.2 Å². The molecular formula is C46H49Cl2NSi. The summed E-state index contributed by atoms with van der Waals surface area (Å²) < 4.78 is 2.47. The van der Waals surface area contributed by atoms with Crippen LogP contribution in [0.4, 0.5) is 0 Å². The van der Waals surface area contributed by atoms with Crippen LogP contribution < -0.4 is 20.7 Å². The first-order valence-corrected chi connectivity index (χ1v) is 20.8. The molecule has 4 heteroatoms. The summed E-state index contributed by atoms with van der Waals surface area (Å²) in [6, 6.07) is 31.2. The third-order valence-electron chi connectivity index (χ3n) is 11.6. The Balaban J connectivity index is 1.69. The van der Waals surface area contributed by atoms with Gasteiger partial charge in [-0.15, -0.1) is 0 Å². The predicted octanol–water partition coefficient (Wildman–Crippen LogP) is 11.0. The molecule has 0 atom stereocenters. The molecule has 0 amide bonds. The largest absolute Gasteiger partial charge is 0.308 e. The van der Waals surface area contributed by atoms with E-state index in [1.807, 2.05) is 0 Å². The van der Waals surface area contributed by atoms with Gasteiger partial charge < -0.3 is 4.57 Å². The zero-order valence-electron chi connectivity index (χ0n) is 31.7. The van der Waals surface area contributed by atoms with E-state index < -0.39 is 8.07 Å². The molecule has 0 N–H and O–H groups in total. The van der Waals surface area contributed by atoms with Crippen LogP contribution in [-0.2, 0) is 21.7 Å². The smallest absolute Gasteiger partial charge is 0.185 e. The molecule has 50 heavy (non-hydrogen) atoms. The molecule has 0 saturated carbocycles. The third-order valence-corrected chi connectivity index (χ3v) is 17.2. The number of benzene rings is 5. The zero-order chi connectivity index (χ0) is 36.1. The lowest BCUT2D eigenvalue weighted by Gasteiger charge is -2.40. The first kappa shape index (κ1) is 33.8. The number of hydrogen-bond acceptors (Lipinski definition) is 0. The summed E-state index contributed by atoms with van der Waals surface area (Å²) in [5.41, 5.74) is 11.6. The maximum absolute atomic E-state index is 7.52. The Morgan fingerprint density at radius 1 is 0.460 bits per heavy atom. The van der Waals surface area contributed by atoms with Crippen molar-refractivity contribution >= 4 is 73.8 Å². The third kappa shape index (κ3) is 4.57. The lowest BCUT2D eigenvalue weighted by atomic mass is 9.85. The van der Waals surface area contributed by atoms with Crippen molar-refractivity contribution in [1.82, 2.24) is 4.57 Å². The van der Waals surface area contributed by atoms with Crippen molar-refractivity contribution in [2.24, 2.45) is 0 Å². The van der Waals surface area contributed by atoms with Crippen LogP contribution in [0.5, 0.6) is 0 Å². The Bertz CT molecular complexity index is 2370. The van der Waals surface area contributed by atoms with E-state index in [9.17, 15) is 0 Å². The van der Waals surface area contributed by atoms with Crippen molar-refractivity contribution in [3.05, 3.63) is 111 Å². The van der Waals surface area contributed by atoms with Gasteiger partial charge in [0, 0.05) is 10.8 Å². The van der Waals surface area contributed by atoms with Gasteiger partial charge in [0.25, 0.3) is 0 Å². The van der Waals surface area contributed by atoms with Gasteiger partial charge in [-0.3, -0.25) is 0 Å². The Morgan fingerprint density at radius 2 is 0.920 bits per heavy atom. The fourth-order valence-electron chi connectivity index (χ4n) is 8.61. The Kier molecular flexibility index (Phi) is 7.03. The second kappa shape index (κ2) is 10.4. The molecule has 5 aromatic carbocycles. The number of nitrogens with zero attached hydrogens (tertiary/aromatic N) is 1. The molecule has 0 unspecified atom stereocenters. The van der Waals surface area contributed by atoms with Crippen molar-refractivity contribution in [3.8, 4) is 16.8 Å². The Labute approximate surface area is 309 Å². The molecular weight excluding hydrogens is 666 g/mol. The molecule has 256 valence electrons. The highest BCUT2D eigenvalue weighted by Gasteiger charge is 2.54. The van der Waals surface area contributed by atoms with Gasteiger partial charge in [0.05, 0.1) is 26.8 Å². The summed E-state index contributed by atoms with van der Waals surface area (Å²) in [4.78, 5) is 0. The molecule has 2 aliphatic heterocycles. The summed E-state index contributed by atoms with van der Waals surface area (Å²) in [6.07, 6.45) is 0. The molecule has 1 nitrogen and oxygen atoms in total. The van der Waals surface area contributed by atoms with E-state index in [-0.39, 0.29) is 21.7 Å². The molecule has 0 bridgehead atoms. The van der Waals surface area contributed by atoms with Crippen LogP contribution in [0.25, 0.3) is 38.6 Å². The zero-order valence-corrected chi connectivity index (χ0v) is 34.2. The fourth-order valence-corrected chi connectivity index (χ4v) is 14.7. The van der Waals surface area contributed by atoms with Gasteiger partial charge in [-0.25, -0.2) is 0 Å². The van der Waals surface area contributed by atoms with E-state index in [0.717, 1.165) is 5.69 Å². The molecule has 0 saturated heterocycles. The van der Waals surface area contributed by atoms with Crippen LogP contribution in [0.15, 0.2) is 78.9 Å². The predicted molar refractivity (Wildman–Crippen MR) is 222 cm³/mol. The van der Waals surface area contributed by atoms with E-state index in [2.05, 4.69) is 167 Å². The quantitative estimate of drug-likeness (QED) is 0.138. The first-order chi connectivity index (χ1) is 23.1. The van der Waals surface area contributed by atoms with Crippen molar-refractivity contribution in [2.45, 2.75) is 105 Å². The van der Waals surface area contributed by atoms with Gasteiger partial charge >= 0.3 is 0 Å². The molecule has 0 radical (unpaired) electrons. The molecule has 1 spiro atoms. The highest BCUT2D eigenvalue weighted by Crippen LogP contribution is 2.45. The lowest BCUT2D eigenvalue weighted by Crippen LogP contribution is -2.75. The first-order valence-electron chi connectivity index (χ1n) is 18.1. The van der Waals surface area contributed by atoms with Gasteiger partial charge in [-0.2, -0.15) is 0 Å². The minimum atomic E-state index is -2.99. The van der Waals surface area contributed by atoms with Crippen LogP contribution in [0.3, 0.4) is 0 Å². The number of fused-ring (bicyclic) bond motifs is 12. The number of rotatable bonds is 0. The highest BCUT2D eigenvalue weighted by molar-refractivity contribution is 7.23. The second-order valence-corrected chi connectivity index (χ2v) is 23.5. The Hall–Kier alpha value is -3.30. The molecule has 0 fully saturated rings. The number of aromatic nitrogens is 1. The van der Waals surface area contributed by atoms with Crippen LogP contribution in [0.1, 0.15) is 105 Å². The standard InChI is InChI=1S/C46H49Cl2NSi/c1-43(2,3)26-15-19-35-32(21-26)33-22-29(46(10,11)12)25-39-41(33)49(35)42-36(20-18-34(47)40(42)48)50(39)37-23-27(44(4,5)6)13-16-30(37)31-17-14-28(24-38(31)50)45(7,8)9/h13-25H,1-12H3. The number of halogens is 2. The molecule has 3 heterocycles. The van der Waals surface area contributed by atoms with E-state index in [1.54, 1.807) is 0 Å². The summed E-state index contributed by atoms with van der Waals surface area (Å²) in [5, 5.41) is 9.51. The summed E-state index contributed by atoms with van der Waals surface area (Å²) in [5.74, 6) is 0. The van der Waals surface area contributed by atoms with Crippen LogP contribution in [0.2, 0.25) is 10.0 Å². The molecule has 0 aliphatic carbocycles. The summed E-state index contributed by atoms with van der Waals surface area (Å²) in [6.45, 7) is 28.0. The van der Waals surface area contributed by atoms with Gasteiger partial charge in [0.1, 0.15) is 0 Å². The van der Waals surface area contributed by atoms with Crippen molar-refractivity contribution in [3.63, 3.8) is 0 Å². The van der Waals surface area contributed by atoms with Crippen molar-refractivity contribution in [2.75, 3.05) is 0 Å². The van der Waals surface area contributed by atoms with Crippen molar-refractivity contribution < 1.29 is 0 Å². The maximum Gasteiger partial charge on any atom is 0.185 e. The minimum absolute atomic E-state index is 0.00800. The van der Waals surface area contributed by atoms with Crippen molar-refractivity contribution in [1.29, 1.82) is 0 Å². The number of hydrogen-bond donors (Lipinski definition) is 0. The average molecular weight is 715 g/mol. The normalized spacial score (nSPS) is 15.2. The van der Waals surface area contributed by atoms with Gasteiger partial charge in [-0.1, -0.05) is 161 Å². The van der Waals surface area contributed by atoms with E-state index >= 15 is 0 Å². The van der Waals surface area contributed by atoms with E-state index in [0.29, 0.717) is 10.0 Å². The van der Waals surface area contributed by atoms with E-state index in [4.69, 9.17) is 23.2 Å². The molecule has 8 rings (SSSR count). The summed E-state index contributed by atoms with van der Waals surface area (Å²) >= 11 is 14.6. The average Bonchev–Trinajstić information content (AvgIpc) is 3.50. The second-order valence-electron chi connectivity index (χ2n) is 19.0. The van der Waals surface area contributed by atoms with Crippen LogP contribution in [0, 0.1) is 0 Å². The van der Waals surface area contributed by atoms with Gasteiger partial charge in [0.2, 0.25) is 0 Å². The molecule has 1 aromatic heterocycles. The Morgan fingerprint density at radius 3 is 1.44 bits per heavy atom. The maximum atomic E-state index is 7.52. The minimum Gasteiger partial charge on any atom is -0.308 e. The topological polar surface area (TPSA) is 4.93 Å². The molecule has 2 aliphatic rings. The lowest BCUT2D eigenvalue weighted by molar-refractivity contribution is 0.590. The highest BCUT2D eigenvalue weighted by atomic mass is 35.5. The monoisotopic (exact) mass is 713 g/mol. The van der Waals surface area contributed by atoms with Gasteiger partial charge in [0.15, 0.2) is 8.07 Å². The SMILES string of the molecule is CC(C)(C)c1ccc2c(c1)[Si]1(c3cc(C(C)(C)C)ccc3-2)c2ccc(Cl)c(Cl)c2-n2c3ccc(C(C)(C)C)cc3c3cc(C(C)(C)C)cc1c32. The fraction of sp³-hybridized carbons (Fsp3) is 0.348. The van der Waals surface area contributed by atoms with E-state index in [1.165, 1.54) is 75.9 Å². The van der Waals surface area contributed by atoms with Gasteiger partial charge in [-0.05, 0) is 100 Å².